The van der Waals surface area contributed by atoms with Crippen LogP contribution < -0.4 is 0 Å². The monoisotopic (exact) mass is 253 g/mol. The summed E-state index contributed by atoms with van der Waals surface area (Å²) in [6, 6.07) is 15.2. The minimum absolute atomic E-state index is 0.666. The molecule has 0 aliphatic heterocycles. The number of pyridine rings is 1. The van der Waals surface area contributed by atoms with Crippen LogP contribution in [0.2, 0.25) is 0 Å². The topological polar surface area (TPSA) is 12.9 Å². The molecule has 0 amide bonds. The van der Waals surface area contributed by atoms with Gasteiger partial charge in [-0.05, 0) is 48.4 Å². The van der Waals surface area contributed by atoms with Gasteiger partial charge in [0.15, 0.2) is 0 Å². The predicted octanol–water partition coefficient (Wildman–Crippen LogP) is 4.46. The number of aryl methyl sites for hydroxylation is 1. The summed E-state index contributed by atoms with van der Waals surface area (Å²) >= 11 is 0. The van der Waals surface area contributed by atoms with Crippen molar-refractivity contribution in [3.05, 3.63) is 65.5 Å². The largest absolute Gasteiger partial charge is 0.261 e. The van der Waals surface area contributed by atoms with E-state index < -0.39 is 0 Å². The molecule has 0 saturated heterocycles. The molecule has 19 heavy (non-hydrogen) atoms. The highest BCUT2D eigenvalue weighted by molar-refractivity contribution is 5.19. The van der Waals surface area contributed by atoms with Gasteiger partial charge in [0.2, 0.25) is 0 Å². The van der Waals surface area contributed by atoms with Crippen LogP contribution in [0.1, 0.15) is 37.1 Å². The molecule has 0 aliphatic rings. The Labute approximate surface area is 116 Å². The van der Waals surface area contributed by atoms with Crippen LogP contribution in [0.3, 0.4) is 0 Å². The molecule has 1 heterocycles. The summed E-state index contributed by atoms with van der Waals surface area (Å²) < 4.78 is 0. The van der Waals surface area contributed by atoms with Crippen LogP contribution in [0.15, 0.2) is 48.7 Å². The van der Waals surface area contributed by atoms with Crippen LogP contribution in [0.5, 0.6) is 0 Å². The van der Waals surface area contributed by atoms with E-state index in [0.29, 0.717) is 5.92 Å². The van der Waals surface area contributed by atoms with E-state index in [1.807, 2.05) is 6.20 Å². The Balaban J connectivity index is 1.95. The zero-order valence-corrected chi connectivity index (χ0v) is 12.0. The summed E-state index contributed by atoms with van der Waals surface area (Å²) in [5, 5.41) is 0. The second-order valence-corrected chi connectivity index (χ2v) is 5.40. The lowest BCUT2D eigenvalue weighted by molar-refractivity contribution is 0.576. The number of aromatic nitrogens is 1. The maximum Gasteiger partial charge on any atom is 0.0406 e. The Morgan fingerprint density at radius 3 is 2.47 bits per heavy atom. The fourth-order valence-electron chi connectivity index (χ4n) is 2.54. The van der Waals surface area contributed by atoms with Crippen molar-refractivity contribution in [2.24, 2.45) is 5.92 Å². The zero-order chi connectivity index (χ0) is 13.5. The minimum Gasteiger partial charge on any atom is -0.261 e. The summed E-state index contributed by atoms with van der Waals surface area (Å²) in [7, 11) is 0. The first kappa shape index (κ1) is 13.8. The Kier molecular flexibility index (Phi) is 5.14. The highest BCUT2D eigenvalue weighted by Crippen LogP contribution is 2.15. The Hall–Kier alpha value is -1.63. The number of hydrogen-bond acceptors (Lipinski definition) is 1. The van der Waals surface area contributed by atoms with Crippen molar-refractivity contribution < 1.29 is 0 Å². The maximum absolute atomic E-state index is 4.42. The lowest BCUT2D eigenvalue weighted by Gasteiger charge is -2.12. The van der Waals surface area contributed by atoms with Gasteiger partial charge >= 0.3 is 0 Å². The molecule has 1 nitrogen and oxygen atoms in total. The molecule has 0 radical (unpaired) electrons. The zero-order valence-electron chi connectivity index (χ0n) is 12.0. The third-order valence-electron chi connectivity index (χ3n) is 3.40. The van der Waals surface area contributed by atoms with Gasteiger partial charge in [-0.3, -0.25) is 4.98 Å². The fraction of sp³-hybridized carbons (Fsp3) is 0.389. The van der Waals surface area contributed by atoms with E-state index in [4.69, 9.17) is 0 Å². The normalized spacial score (nSPS) is 12.3. The Bertz CT molecular complexity index is 490. The molecule has 1 aromatic carbocycles. The fourth-order valence-corrected chi connectivity index (χ4v) is 2.54. The third-order valence-corrected chi connectivity index (χ3v) is 3.40. The van der Waals surface area contributed by atoms with Gasteiger partial charge in [-0.15, -0.1) is 0 Å². The molecule has 1 atom stereocenters. The van der Waals surface area contributed by atoms with Crippen LogP contribution in [0, 0.1) is 5.92 Å². The summed E-state index contributed by atoms with van der Waals surface area (Å²) in [5.41, 5.74) is 4.08. The molecule has 0 saturated carbocycles. The molecule has 1 unspecified atom stereocenters. The first-order chi connectivity index (χ1) is 9.28. The van der Waals surface area contributed by atoms with Gasteiger partial charge in [-0.2, -0.15) is 0 Å². The van der Waals surface area contributed by atoms with E-state index >= 15 is 0 Å². The number of rotatable bonds is 6. The molecule has 0 fully saturated rings. The minimum atomic E-state index is 0.666. The van der Waals surface area contributed by atoms with Crippen molar-refractivity contribution in [3.8, 4) is 0 Å². The number of benzene rings is 1. The van der Waals surface area contributed by atoms with Crippen molar-refractivity contribution in [1.82, 2.24) is 4.98 Å². The van der Waals surface area contributed by atoms with E-state index in [1.54, 1.807) is 0 Å². The lowest BCUT2D eigenvalue weighted by atomic mass is 9.94. The predicted molar refractivity (Wildman–Crippen MR) is 81.2 cm³/mol. The number of nitrogens with zero attached hydrogens (tertiary/aromatic N) is 1. The smallest absolute Gasteiger partial charge is 0.0406 e. The molecular formula is C18H23N. The van der Waals surface area contributed by atoms with E-state index in [2.05, 4.69) is 61.3 Å². The van der Waals surface area contributed by atoms with Crippen LogP contribution in [-0.2, 0) is 19.3 Å². The highest BCUT2D eigenvalue weighted by atomic mass is 14.7. The molecule has 1 aromatic heterocycles. The molecule has 0 bridgehead atoms. The highest BCUT2D eigenvalue weighted by Gasteiger charge is 2.06. The first-order valence-electron chi connectivity index (χ1n) is 7.25. The van der Waals surface area contributed by atoms with Gasteiger partial charge < -0.3 is 0 Å². The van der Waals surface area contributed by atoms with Crippen molar-refractivity contribution in [1.29, 1.82) is 0 Å². The van der Waals surface area contributed by atoms with E-state index in [0.717, 1.165) is 25.7 Å². The third kappa shape index (κ3) is 4.51. The van der Waals surface area contributed by atoms with Gasteiger partial charge in [0.25, 0.3) is 0 Å². The van der Waals surface area contributed by atoms with Crippen molar-refractivity contribution in [2.75, 3.05) is 0 Å². The molecule has 2 rings (SSSR count). The van der Waals surface area contributed by atoms with Crippen LogP contribution in [0.25, 0.3) is 0 Å². The summed E-state index contributed by atoms with van der Waals surface area (Å²) in [6.45, 7) is 4.53. The number of hydrogen-bond donors (Lipinski definition) is 0. The van der Waals surface area contributed by atoms with E-state index in [1.165, 1.54) is 16.8 Å². The Morgan fingerprint density at radius 2 is 1.74 bits per heavy atom. The second-order valence-electron chi connectivity index (χ2n) is 5.40. The van der Waals surface area contributed by atoms with E-state index in [9.17, 15) is 0 Å². The van der Waals surface area contributed by atoms with Crippen molar-refractivity contribution in [3.63, 3.8) is 0 Å². The van der Waals surface area contributed by atoms with Crippen LogP contribution in [0.4, 0.5) is 0 Å². The first-order valence-corrected chi connectivity index (χ1v) is 7.25. The standard InChI is InChI=1S/C18H23N/c1-3-7-18-14-17(10-11-19-18)13-15(2)12-16-8-5-4-6-9-16/h4-6,8-11,14-15H,3,7,12-13H2,1-2H3. The second kappa shape index (κ2) is 7.08. The van der Waals surface area contributed by atoms with Crippen LogP contribution in [-0.4, -0.2) is 4.98 Å². The molecule has 0 N–H and O–H groups in total. The lowest BCUT2D eigenvalue weighted by Crippen LogP contribution is -2.04. The van der Waals surface area contributed by atoms with E-state index in [-0.39, 0.29) is 0 Å². The molecule has 2 aromatic rings. The van der Waals surface area contributed by atoms with Gasteiger partial charge in [-0.1, -0.05) is 50.6 Å². The van der Waals surface area contributed by atoms with Gasteiger partial charge in [0.1, 0.15) is 0 Å². The summed E-state index contributed by atoms with van der Waals surface area (Å²) in [5.74, 6) is 0.666. The quantitative estimate of drug-likeness (QED) is 0.741. The average molecular weight is 253 g/mol. The SMILES string of the molecule is CCCc1cc(CC(C)Cc2ccccc2)ccn1. The van der Waals surface area contributed by atoms with Gasteiger partial charge in [0, 0.05) is 11.9 Å². The molecule has 0 aliphatic carbocycles. The van der Waals surface area contributed by atoms with Crippen molar-refractivity contribution >= 4 is 0 Å². The maximum atomic E-state index is 4.42. The average Bonchev–Trinajstić information content (AvgIpc) is 2.40. The summed E-state index contributed by atoms with van der Waals surface area (Å²) in [4.78, 5) is 4.42. The molecule has 1 heteroatoms. The molecular weight excluding hydrogens is 230 g/mol. The Morgan fingerprint density at radius 1 is 1.00 bits per heavy atom. The summed E-state index contributed by atoms with van der Waals surface area (Å²) in [6.07, 6.45) is 6.48. The van der Waals surface area contributed by atoms with Gasteiger partial charge in [-0.25, -0.2) is 0 Å². The van der Waals surface area contributed by atoms with Crippen LogP contribution >= 0.6 is 0 Å². The molecule has 100 valence electrons. The van der Waals surface area contributed by atoms with Crippen molar-refractivity contribution in [2.45, 2.75) is 39.5 Å². The molecule has 0 spiro atoms. The van der Waals surface area contributed by atoms with Gasteiger partial charge in [0.05, 0.1) is 0 Å².